The van der Waals surface area contributed by atoms with Crippen LogP contribution in [0, 0.1) is 5.92 Å². The quantitative estimate of drug-likeness (QED) is 0.317. The Bertz CT molecular complexity index is 433. The largest absolute Gasteiger partial charge is 0.491 e. The van der Waals surface area contributed by atoms with Crippen LogP contribution in [0.1, 0.15) is 39.2 Å². The third-order valence-electron chi connectivity index (χ3n) is 2.83. The minimum Gasteiger partial charge on any atom is -0.491 e. The van der Waals surface area contributed by atoms with E-state index in [1.165, 1.54) is 5.56 Å². The number of para-hydroxylation sites is 1. The lowest BCUT2D eigenvalue weighted by Crippen LogP contribution is -2.35. The van der Waals surface area contributed by atoms with Gasteiger partial charge in [0.15, 0.2) is 5.96 Å². The van der Waals surface area contributed by atoms with Crippen LogP contribution in [-0.4, -0.2) is 25.7 Å². The molecule has 3 N–H and O–H groups in total. The number of nitrogens with one attached hydrogen (secondary N) is 1. The summed E-state index contributed by atoms with van der Waals surface area (Å²) in [6.07, 6.45) is 0. The number of ether oxygens (including phenoxy) is 1. The molecule has 1 aromatic carbocycles. The summed E-state index contributed by atoms with van der Waals surface area (Å²) in [6, 6.07) is 8.14. The molecule has 0 aliphatic heterocycles. The van der Waals surface area contributed by atoms with Crippen LogP contribution in [0.5, 0.6) is 5.75 Å². The van der Waals surface area contributed by atoms with Gasteiger partial charge >= 0.3 is 0 Å². The molecule has 0 spiro atoms. The van der Waals surface area contributed by atoms with E-state index in [1.54, 1.807) is 0 Å². The predicted octanol–water partition coefficient (Wildman–Crippen LogP) is 3.37. The van der Waals surface area contributed by atoms with Crippen LogP contribution >= 0.6 is 24.0 Å². The van der Waals surface area contributed by atoms with E-state index in [2.05, 4.69) is 44.1 Å². The molecule has 0 saturated heterocycles. The first kappa shape index (κ1) is 20.0. The van der Waals surface area contributed by atoms with E-state index in [4.69, 9.17) is 10.5 Å². The average molecular weight is 405 g/mol. The van der Waals surface area contributed by atoms with Crippen LogP contribution < -0.4 is 15.8 Å². The maximum atomic E-state index is 5.80. The van der Waals surface area contributed by atoms with Crippen LogP contribution in [0.4, 0.5) is 0 Å². The number of hydrogen-bond donors (Lipinski definition) is 2. The zero-order valence-electron chi connectivity index (χ0n) is 13.4. The molecule has 0 unspecified atom stereocenters. The van der Waals surface area contributed by atoms with Crippen molar-refractivity contribution in [3.63, 3.8) is 0 Å². The predicted molar refractivity (Wildman–Crippen MR) is 101 cm³/mol. The van der Waals surface area contributed by atoms with Gasteiger partial charge in [0.05, 0.1) is 6.54 Å². The maximum Gasteiger partial charge on any atom is 0.188 e. The first-order chi connectivity index (χ1) is 9.50. The fourth-order valence-electron chi connectivity index (χ4n) is 1.77. The second-order valence-corrected chi connectivity index (χ2v) is 5.59. The summed E-state index contributed by atoms with van der Waals surface area (Å²) in [6.45, 7) is 10.5. The van der Waals surface area contributed by atoms with Gasteiger partial charge in [-0.15, -0.1) is 24.0 Å². The first-order valence-electron chi connectivity index (χ1n) is 7.26. The molecule has 5 heteroatoms. The number of nitrogens with two attached hydrogens (primary N) is 1. The summed E-state index contributed by atoms with van der Waals surface area (Å²) < 4.78 is 5.80. The van der Waals surface area contributed by atoms with Gasteiger partial charge in [-0.05, 0) is 23.5 Å². The molecule has 0 amide bonds. The fourth-order valence-corrected chi connectivity index (χ4v) is 1.77. The van der Waals surface area contributed by atoms with Crippen LogP contribution in [0.25, 0.3) is 0 Å². The van der Waals surface area contributed by atoms with Gasteiger partial charge in [-0.2, -0.15) is 0 Å². The summed E-state index contributed by atoms with van der Waals surface area (Å²) in [5, 5.41) is 3.06. The molecule has 0 atom stereocenters. The van der Waals surface area contributed by atoms with Crippen LogP contribution in [0.3, 0.4) is 0 Å². The van der Waals surface area contributed by atoms with Crippen molar-refractivity contribution >= 4 is 29.9 Å². The van der Waals surface area contributed by atoms with Gasteiger partial charge in [0, 0.05) is 6.54 Å². The van der Waals surface area contributed by atoms with E-state index in [0.29, 0.717) is 30.9 Å². The van der Waals surface area contributed by atoms with Crippen molar-refractivity contribution in [3.8, 4) is 5.75 Å². The number of nitrogens with zero attached hydrogens (tertiary/aromatic N) is 1. The minimum atomic E-state index is 0. The molecule has 1 rings (SSSR count). The maximum absolute atomic E-state index is 5.80. The molecule has 21 heavy (non-hydrogen) atoms. The summed E-state index contributed by atoms with van der Waals surface area (Å²) >= 11 is 0. The fraction of sp³-hybridized carbons (Fsp3) is 0.562. The number of rotatable bonds is 7. The molecule has 0 fully saturated rings. The Morgan fingerprint density at radius 2 is 1.90 bits per heavy atom. The highest BCUT2D eigenvalue weighted by atomic mass is 127. The van der Waals surface area contributed by atoms with Crippen LogP contribution in [0.15, 0.2) is 29.3 Å². The van der Waals surface area contributed by atoms with E-state index in [0.717, 1.165) is 12.3 Å². The van der Waals surface area contributed by atoms with Crippen molar-refractivity contribution in [2.75, 3.05) is 19.7 Å². The second kappa shape index (κ2) is 10.7. The summed E-state index contributed by atoms with van der Waals surface area (Å²) in [4.78, 5) is 4.24. The van der Waals surface area contributed by atoms with E-state index < -0.39 is 0 Å². The van der Waals surface area contributed by atoms with E-state index in [-0.39, 0.29) is 24.0 Å². The Morgan fingerprint density at radius 1 is 1.24 bits per heavy atom. The van der Waals surface area contributed by atoms with Gasteiger partial charge in [0.2, 0.25) is 0 Å². The van der Waals surface area contributed by atoms with E-state index >= 15 is 0 Å². The number of hydrogen-bond acceptors (Lipinski definition) is 2. The number of benzene rings is 1. The van der Waals surface area contributed by atoms with Crippen molar-refractivity contribution < 1.29 is 4.74 Å². The summed E-state index contributed by atoms with van der Waals surface area (Å²) in [5.41, 5.74) is 6.99. The summed E-state index contributed by atoms with van der Waals surface area (Å²) in [5.74, 6) is 2.41. The number of guanidine groups is 1. The van der Waals surface area contributed by atoms with Crippen LogP contribution in [0.2, 0.25) is 0 Å². The Kier molecular flexibility index (Phi) is 10.2. The topological polar surface area (TPSA) is 59.6 Å². The van der Waals surface area contributed by atoms with E-state index in [9.17, 15) is 0 Å². The molecule has 0 aliphatic carbocycles. The van der Waals surface area contributed by atoms with Gasteiger partial charge in [-0.3, -0.25) is 4.99 Å². The lowest BCUT2D eigenvalue weighted by atomic mass is 10.0. The van der Waals surface area contributed by atoms with Gasteiger partial charge in [0.25, 0.3) is 0 Å². The zero-order chi connectivity index (χ0) is 15.0. The second-order valence-electron chi connectivity index (χ2n) is 5.59. The molecule has 0 aliphatic rings. The molecule has 4 nitrogen and oxygen atoms in total. The van der Waals surface area contributed by atoms with Gasteiger partial charge < -0.3 is 15.8 Å². The molecule has 0 radical (unpaired) electrons. The molecule has 0 aromatic heterocycles. The highest BCUT2D eigenvalue weighted by Crippen LogP contribution is 2.25. The van der Waals surface area contributed by atoms with Gasteiger partial charge in [0.1, 0.15) is 12.4 Å². The molecule has 1 aromatic rings. The van der Waals surface area contributed by atoms with Crippen LogP contribution in [-0.2, 0) is 0 Å². The average Bonchev–Trinajstić information content (AvgIpc) is 2.41. The number of halogens is 1. The van der Waals surface area contributed by atoms with Crippen molar-refractivity contribution in [2.45, 2.75) is 33.6 Å². The molecule has 120 valence electrons. The number of aliphatic imine (C=N–C) groups is 1. The third kappa shape index (κ3) is 8.14. The molecule has 0 heterocycles. The van der Waals surface area contributed by atoms with Gasteiger partial charge in [-0.25, -0.2) is 0 Å². The Hall–Kier alpha value is -0.980. The standard InChI is InChI=1S/C16H27N3O.HI/c1-12(2)11-19-16(17)18-9-10-20-15-8-6-5-7-14(15)13(3)4;/h5-8,12-13H,9-11H2,1-4H3,(H3,17,18,19);1H. The minimum absolute atomic E-state index is 0. The Balaban J connectivity index is 0.00000400. The van der Waals surface area contributed by atoms with Crippen molar-refractivity contribution in [2.24, 2.45) is 16.6 Å². The van der Waals surface area contributed by atoms with Crippen molar-refractivity contribution in [3.05, 3.63) is 29.8 Å². The normalized spacial score (nSPS) is 11.4. The highest BCUT2D eigenvalue weighted by molar-refractivity contribution is 14.0. The first-order valence-corrected chi connectivity index (χ1v) is 7.26. The zero-order valence-corrected chi connectivity index (χ0v) is 15.8. The Morgan fingerprint density at radius 3 is 2.52 bits per heavy atom. The van der Waals surface area contributed by atoms with Crippen molar-refractivity contribution in [1.82, 2.24) is 5.32 Å². The molecular formula is C16H28IN3O. The smallest absolute Gasteiger partial charge is 0.188 e. The van der Waals surface area contributed by atoms with E-state index in [1.807, 2.05) is 18.2 Å². The highest BCUT2D eigenvalue weighted by Gasteiger charge is 2.06. The lowest BCUT2D eigenvalue weighted by Gasteiger charge is -2.14. The SMILES string of the molecule is CC(C)CN=C(N)NCCOc1ccccc1C(C)C.I. The summed E-state index contributed by atoms with van der Waals surface area (Å²) in [7, 11) is 0. The molecule has 0 saturated carbocycles. The molecular weight excluding hydrogens is 377 g/mol. The monoisotopic (exact) mass is 405 g/mol. The third-order valence-corrected chi connectivity index (χ3v) is 2.83. The molecule has 0 bridgehead atoms. The van der Waals surface area contributed by atoms with Gasteiger partial charge in [-0.1, -0.05) is 45.9 Å². The Labute approximate surface area is 145 Å². The van der Waals surface area contributed by atoms with Crippen molar-refractivity contribution in [1.29, 1.82) is 0 Å². The lowest BCUT2D eigenvalue weighted by molar-refractivity contribution is 0.318.